The van der Waals surface area contributed by atoms with Gasteiger partial charge in [0.25, 0.3) is 0 Å². The van der Waals surface area contributed by atoms with Crippen LogP contribution in [0, 0.1) is 5.41 Å². The van der Waals surface area contributed by atoms with E-state index in [1.165, 1.54) is 0 Å². The zero-order valence-electron chi connectivity index (χ0n) is 11.8. The molecule has 0 saturated carbocycles. The first-order valence-corrected chi connectivity index (χ1v) is 6.67. The fraction of sp³-hybridized carbons (Fsp3) is 0.846. The Kier molecular flexibility index (Phi) is 5.14. The van der Waals surface area contributed by atoms with Crippen LogP contribution < -0.4 is 16.0 Å². The summed E-state index contributed by atoms with van der Waals surface area (Å²) in [4.78, 5) is 23.9. The van der Waals surface area contributed by atoms with E-state index in [-0.39, 0.29) is 17.9 Å². The standard InChI is InChI=1S/C13H25N3O2/c1-9(2)15-11(17)10(3)16-12(18)13(4)6-5-7-14-8-13/h9-10,14H,5-8H2,1-4H3,(H,15,17)(H,16,18). The van der Waals surface area contributed by atoms with Gasteiger partial charge in [-0.25, -0.2) is 0 Å². The molecule has 3 N–H and O–H groups in total. The number of rotatable bonds is 4. The average Bonchev–Trinajstić information content (AvgIpc) is 2.28. The van der Waals surface area contributed by atoms with Gasteiger partial charge in [0.15, 0.2) is 0 Å². The highest BCUT2D eigenvalue weighted by Gasteiger charge is 2.35. The molecule has 0 bridgehead atoms. The summed E-state index contributed by atoms with van der Waals surface area (Å²) in [6.07, 6.45) is 1.86. The molecule has 2 unspecified atom stereocenters. The second-order valence-electron chi connectivity index (χ2n) is 5.70. The lowest BCUT2D eigenvalue weighted by Crippen LogP contribution is -2.54. The topological polar surface area (TPSA) is 70.2 Å². The van der Waals surface area contributed by atoms with Gasteiger partial charge < -0.3 is 16.0 Å². The number of nitrogens with one attached hydrogen (secondary N) is 3. The van der Waals surface area contributed by atoms with Gasteiger partial charge in [0, 0.05) is 12.6 Å². The van der Waals surface area contributed by atoms with E-state index >= 15 is 0 Å². The van der Waals surface area contributed by atoms with Crippen molar-refractivity contribution in [2.45, 2.75) is 52.6 Å². The van der Waals surface area contributed by atoms with Crippen molar-refractivity contribution in [2.24, 2.45) is 5.41 Å². The monoisotopic (exact) mass is 255 g/mol. The number of carbonyl (C=O) groups excluding carboxylic acids is 2. The van der Waals surface area contributed by atoms with E-state index in [1.54, 1.807) is 6.92 Å². The van der Waals surface area contributed by atoms with E-state index < -0.39 is 11.5 Å². The fourth-order valence-corrected chi connectivity index (χ4v) is 2.10. The molecule has 0 aromatic heterocycles. The Morgan fingerprint density at radius 3 is 2.39 bits per heavy atom. The van der Waals surface area contributed by atoms with Crippen LogP contribution >= 0.6 is 0 Å². The Morgan fingerprint density at radius 2 is 1.89 bits per heavy atom. The lowest BCUT2D eigenvalue weighted by molar-refractivity contribution is -0.135. The molecular formula is C13H25N3O2. The molecule has 2 amide bonds. The lowest BCUT2D eigenvalue weighted by atomic mass is 9.81. The Morgan fingerprint density at radius 1 is 1.22 bits per heavy atom. The predicted octanol–water partition coefficient (Wildman–Crippen LogP) is 0.405. The quantitative estimate of drug-likeness (QED) is 0.681. The van der Waals surface area contributed by atoms with Crippen LogP contribution in [0.15, 0.2) is 0 Å². The zero-order valence-corrected chi connectivity index (χ0v) is 11.8. The number of carbonyl (C=O) groups is 2. The van der Waals surface area contributed by atoms with Crippen LogP contribution in [-0.4, -0.2) is 37.0 Å². The third kappa shape index (κ3) is 3.98. The van der Waals surface area contributed by atoms with Gasteiger partial charge in [0.2, 0.25) is 11.8 Å². The summed E-state index contributed by atoms with van der Waals surface area (Å²) < 4.78 is 0. The van der Waals surface area contributed by atoms with E-state index in [0.717, 1.165) is 19.4 Å². The normalized spacial score (nSPS) is 25.6. The molecule has 0 spiro atoms. The predicted molar refractivity (Wildman–Crippen MR) is 71.1 cm³/mol. The van der Waals surface area contributed by atoms with Crippen LogP contribution in [0.1, 0.15) is 40.5 Å². The van der Waals surface area contributed by atoms with Crippen LogP contribution in [0.5, 0.6) is 0 Å². The number of hydrogen-bond acceptors (Lipinski definition) is 3. The molecule has 0 radical (unpaired) electrons. The van der Waals surface area contributed by atoms with Crippen LogP contribution in [0.25, 0.3) is 0 Å². The summed E-state index contributed by atoms with van der Waals surface area (Å²) >= 11 is 0. The average molecular weight is 255 g/mol. The third-order valence-corrected chi connectivity index (χ3v) is 3.32. The minimum atomic E-state index is -0.487. The fourth-order valence-electron chi connectivity index (χ4n) is 2.10. The molecule has 1 rings (SSSR count). The molecule has 0 aromatic rings. The summed E-state index contributed by atoms with van der Waals surface area (Å²) in [5.74, 6) is -0.174. The largest absolute Gasteiger partial charge is 0.352 e. The molecule has 1 heterocycles. The summed E-state index contributed by atoms with van der Waals surface area (Å²) in [5, 5.41) is 8.83. The molecular weight excluding hydrogens is 230 g/mol. The highest BCUT2D eigenvalue weighted by Crippen LogP contribution is 2.25. The highest BCUT2D eigenvalue weighted by atomic mass is 16.2. The summed E-state index contributed by atoms with van der Waals surface area (Å²) in [6, 6.07) is -0.401. The number of piperidine rings is 1. The first kappa shape index (κ1) is 15.0. The van der Waals surface area contributed by atoms with E-state index in [1.807, 2.05) is 20.8 Å². The maximum atomic E-state index is 12.2. The molecule has 2 atom stereocenters. The third-order valence-electron chi connectivity index (χ3n) is 3.32. The molecule has 104 valence electrons. The van der Waals surface area contributed by atoms with Crippen LogP contribution in [0.3, 0.4) is 0 Å². The van der Waals surface area contributed by atoms with E-state index in [4.69, 9.17) is 0 Å². The Labute approximate surface area is 109 Å². The lowest BCUT2D eigenvalue weighted by Gasteiger charge is -2.33. The van der Waals surface area contributed by atoms with Gasteiger partial charge in [-0.05, 0) is 47.1 Å². The summed E-state index contributed by atoms with van der Waals surface area (Å²) in [7, 11) is 0. The van der Waals surface area contributed by atoms with Crippen molar-refractivity contribution in [3.05, 3.63) is 0 Å². The molecule has 1 aliphatic heterocycles. The second kappa shape index (κ2) is 6.18. The van der Waals surface area contributed by atoms with Gasteiger partial charge in [0.1, 0.15) is 6.04 Å². The Balaban J connectivity index is 2.50. The molecule has 5 nitrogen and oxygen atoms in total. The second-order valence-corrected chi connectivity index (χ2v) is 5.70. The van der Waals surface area contributed by atoms with E-state index in [0.29, 0.717) is 6.54 Å². The molecule has 0 aliphatic carbocycles. The first-order valence-electron chi connectivity index (χ1n) is 6.67. The number of amides is 2. The molecule has 5 heteroatoms. The van der Waals surface area contributed by atoms with Gasteiger partial charge in [-0.2, -0.15) is 0 Å². The molecule has 1 aliphatic rings. The molecule has 1 saturated heterocycles. The first-order chi connectivity index (χ1) is 8.35. The minimum Gasteiger partial charge on any atom is -0.352 e. The maximum absolute atomic E-state index is 12.2. The van der Waals surface area contributed by atoms with Crippen molar-refractivity contribution in [1.29, 1.82) is 0 Å². The van der Waals surface area contributed by atoms with Crippen molar-refractivity contribution < 1.29 is 9.59 Å². The summed E-state index contributed by atoms with van der Waals surface area (Å²) in [6.45, 7) is 9.11. The molecule has 1 fully saturated rings. The van der Waals surface area contributed by atoms with Gasteiger partial charge >= 0.3 is 0 Å². The summed E-state index contributed by atoms with van der Waals surface area (Å²) in [5.41, 5.74) is -0.398. The SMILES string of the molecule is CC(C)NC(=O)C(C)NC(=O)C1(C)CCCNC1. The van der Waals surface area contributed by atoms with Gasteiger partial charge in [0.05, 0.1) is 5.41 Å². The minimum absolute atomic E-state index is 0.0406. The van der Waals surface area contributed by atoms with Crippen molar-refractivity contribution in [1.82, 2.24) is 16.0 Å². The van der Waals surface area contributed by atoms with Crippen molar-refractivity contribution in [3.63, 3.8) is 0 Å². The smallest absolute Gasteiger partial charge is 0.242 e. The van der Waals surface area contributed by atoms with Crippen molar-refractivity contribution in [2.75, 3.05) is 13.1 Å². The highest BCUT2D eigenvalue weighted by molar-refractivity contribution is 5.89. The van der Waals surface area contributed by atoms with Gasteiger partial charge in [-0.1, -0.05) is 0 Å². The van der Waals surface area contributed by atoms with E-state index in [2.05, 4.69) is 16.0 Å². The van der Waals surface area contributed by atoms with Crippen molar-refractivity contribution in [3.8, 4) is 0 Å². The van der Waals surface area contributed by atoms with Crippen molar-refractivity contribution >= 4 is 11.8 Å². The maximum Gasteiger partial charge on any atom is 0.242 e. The Hall–Kier alpha value is -1.10. The van der Waals surface area contributed by atoms with Crippen LogP contribution in [0.4, 0.5) is 0 Å². The number of hydrogen-bond donors (Lipinski definition) is 3. The zero-order chi connectivity index (χ0) is 13.8. The Bertz CT molecular complexity index is 309. The van der Waals surface area contributed by atoms with E-state index in [9.17, 15) is 9.59 Å². The van der Waals surface area contributed by atoms with Gasteiger partial charge in [-0.15, -0.1) is 0 Å². The molecule has 18 heavy (non-hydrogen) atoms. The molecule has 0 aromatic carbocycles. The van der Waals surface area contributed by atoms with Crippen LogP contribution in [0.2, 0.25) is 0 Å². The van der Waals surface area contributed by atoms with Gasteiger partial charge in [-0.3, -0.25) is 9.59 Å². The van der Waals surface area contributed by atoms with Crippen LogP contribution in [-0.2, 0) is 9.59 Å².